The van der Waals surface area contributed by atoms with Gasteiger partial charge in [-0.25, -0.2) is 0 Å². The van der Waals surface area contributed by atoms with Crippen molar-refractivity contribution in [3.8, 4) is 0 Å². The first-order valence-electron chi connectivity index (χ1n) is 11.3. The van der Waals surface area contributed by atoms with E-state index >= 15 is 0 Å². The van der Waals surface area contributed by atoms with Gasteiger partial charge >= 0.3 is 0 Å². The van der Waals surface area contributed by atoms with E-state index in [-0.39, 0.29) is 5.75 Å². The summed E-state index contributed by atoms with van der Waals surface area (Å²) in [5, 5.41) is 0. The first kappa shape index (κ1) is 24.4. The average molecular weight is 403 g/mol. The van der Waals surface area contributed by atoms with E-state index < -0.39 is 10.1 Å². The third-order valence-corrected chi connectivity index (χ3v) is 6.17. The Morgan fingerprint density at radius 1 is 0.852 bits per heavy atom. The number of hydrogen-bond acceptors (Lipinski definition) is 4. The molecule has 0 saturated heterocycles. The Kier molecular flexibility index (Phi) is 13.9. The smallest absolute Gasteiger partial charge is 0.264 e. The van der Waals surface area contributed by atoms with Crippen molar-refractivity contribution in [2.75, 3.05) is 25.4 Å². The van der Waals surface area contributed by atoms with E-state index in [1.54, 1.807) is 0 Å². The summed E-state index contributed by atoms with van der Waals surface area (Å²) >= 11 is 0. The molecular weight excluding hydrogens is 360 g/mol. The standard InChI is InChI=1S/C21H42N2O3S/c1-2-3-4-5-6-7-8-9-10-11-12-13-14-16-21-22-17-19-23(21)18-15-20-27(24,25)26/h2-20H2,1H3,(H,24,25,26). The Hall–Kier alpha value is -0.620. The van der Waals surface area contributed by atoms with Crippen LogP contribution in [-0.2, 0) is 10.1 Å². The molecule has 1 N–H and O–H groups in total. The molecule has 0 aliphatic carbocycles. The normalized spacial score (nSPS) is 14.7. The van der Waals surface area contributed by atoms with Crippen molar-refractivity contribution in [3.05, 3.63) is 0 Å². The van der Waals surface area contributed by atoms with Gasteiger partial charge in [0.1, 0.15) is 0 Å². The van der Waals surface area contributed by atoms with Gasteiger partial charge in [0.2, 0.25) is 0 Å². The lowest BCUT2D eigenvalue weighted by Gasteiger charge is -2.20. The highest BCUT2D eigenvalue weighted by molar-refractivity contribution is 7.85. The van der Waals surface area contributed by atoms with Crippen molar-refractivity contribution < 1.29 is 13.0 Å². The molecular formula is C21H42N2O3S. The van der Waals surface area contributed by atoms with Crippen molar-refractivity contribution in [2.45, 2.75) is 103 Å². The lowest BCUT2D eigenvalue weighted by molar-refractivity contribution is 0.434. The van der Waals surface area contributed by atoms with Crippen molar-refractivity contribution in [2.24, 2.45) is 4.99 Å². The van der Waals surface area contributed by atoms with Gasteiger partial charge in [0.15, 0.2) is 0 Å². The molecule has 1 aliphatic heterocycles. The Labute approximate surface area is 167 Å². The van der Waals surface area contributed by atoms with Crippen molar-refractivity contribution >= 4 is 16.0 Å². The van der Waals surface area contributed by atoms with Gasteiger partial charge in [-0.2, -0.15) is 8.42 Å². The molecule has 0 atom stereocenters. The second-order valence-electron chi connectivity index (χ2n) is 7.92. The summed E-state index contributed by atoms with van der Waals surface area (Å²) in [4.78, 5) is 6.74. The van der Waals surface area contributed by atoms with Crippen LogP contribution in [0, 0.1) is 0 Å². The van der Waals surface area contributed by atoms with E-state index in [2.05, 4.69) is 16.8 Å². The highest BCUT2D eigenvalue weighted by Crippen LogP contribution is 2.14. The van der Waals surface area contributed by atoms with Crippen LogP contribution in [-0.4, -0.2) is 49.1 Å². The van der Waals surface area contributed by atoms with Crippen LogP contribution >= 0.6 is 0 Å². The lowest BCUT2D eigenvalue weighted by Crippen LogP contribution is -2.29. The molecule has 5 nitrogen and oxygen atoms in total. The number of aliphatic imine (C=N–C) groups is 1. The van der Waals surface area contributed by atoms with Crippen LogP contribution in [0.3, 0.4) is 0 Å². The van der Waals surface area contributed by atoms with Gasteiger partial charge in [-0.1, -0.05) is 84.0 Å². The number of amidine groups is 1. The molecule has 0 saturated carbocycles. The first-order valence-corrected chi connectivity index (χ1v) is 12.9. The van der Waals surface area contributed by atoms with Gasteiger partial charge in [-0.05, 0) is 12.8 Å². The monoisotopic (exact) mass is 402 g/mol. The number of hydrogen-bond donors (Lipinski definition) is 1. The predicted molar refractivity (Wildman–Crippen MR) is 115 cm³/mol. The third-order valence-electron chi connectivity index (χ3n) is 5.36. The third kappa shape index (κ3) is 14.1. The van der Waals surface area contributed by atoms with Crippen molar-refractivity contribution in [3.63, 3.8) is 0 Å². The molecule has 1 heterocycles. The summed E-state index contributed by atoms with van der Waals surface area (Å²) in [6.45, 7) is 4.65. The zero-order chi connectivity index (χ0) is 19.8. The minimum absolute atomic E-state index is 0.157. The number of unbranched alkanes of at least 4 members (excludes halogenated alkanes) is 12. The topological polar surface area (TPSA) is 70.0 Å². The van der Waals surface area contributed by atoms with E-state index in [0.717, 1.165) is 25.3 Å². The van der Waals surface area contributed by atoms with Crippen molar-refractivity contribution in [1.82, 2.24) is 4.90 Å². The molecule has 0 fully saturated rings. The van der Waals surface area contributed by atoms with Gasteiger partial charge < -0.3 is 4.90 Å². The molecule has 0 amide bonds. The van der Waals surface area contributed by atoms with E-state index in [1.165, 1.54) is 83.5 Å². The molecule has 1 rings (SSSR count). The van der Waals surface area contributed by atoms with Crippen LogP contribution in [0.5, 0.6) is 0 Å². The van der Waals surface area contributed by atoms with Crippen LogP contribution in [0.2, 0.25) is 0 Å². The van der Waals surface area contributed by atoms with E-state index in [1.807, 2.05) is 0 Å². The van der Waals surface area contributed by atoms with Crippen LogP contribution in [0.15, 0.2) is 4.99 Å². The fourth-order valence-electron chi connectivity index (χ4n) is 3.75. The summed E-state index contributed by atoms with van der Waals surface area (Å²) in [5.41, 5.74) is 0. The highest BCUT2D eigenvalue weighted by Gasteiger charge is 2.16. The summed E-state index contributed by atoms with van der Waals surface area (Å²) in [6.07, 6.45) is 19.1. The maximum Gasteiger partial charge on any atom is 0.264 e. The van der Waals surface area contributed by atoms with Crippen LogP contribution in [0.25, 0.3) is 0 Å². The molecule has 0 aromatic carbocycles. The van der Waals surface area contributed by atoms with Gasteiger partial charge in [-0.3, -0.25) is 9.55 Å². The summed E-state index contributed by atoms with van der Waals surface area (Å²) < 4.78 is 30.4. The first-order chi connectivity index (χ1) is 13.0. The van der Waals surface area contributed by atoms with Gasteiger partial charge in [-0.15, -0.1) is 0 Å². The van der Waals surface area contributed by atoms with Crippen LogP contribution < -0.4 is 0 Å². The summed E-state index contributed by atoms with van der Waals surface area (Å²) in [7, 11) is -3.84. The van der Waals surface area contributed by atoms with Gasteiger partial charge in [0.25, 0.3) is 10.1 Å². The molecule has 0 aromatic rings. The van der Waals surface area contributed by atoms with Gasteiger partial charge in [0, 0.05) is 19.5 Å². The Bertz CT molecular complexity index is 492. The molecule has 1 aliphatic rings. The fourth-order valence-corrected chi connectivity index (χ4v) is 4.24. The maximum atomic E-state index is 10.8. The molecule has 27 heavy (non-hydrogen) atoms. The zero-order valence-corrected chi connectivity index (χ0v) is 18.3. The van der Waals surface area contributed by atoms with Crippen molar-refractivity contribution in [1.29, 1.82) is 0 Å². The molecule has 0 spiro atoms. The summed E-state index contributed by atoms with van der Waals surface area (Å²) in [5.74, 6) is 0.976. The fraction of sp³-hybridized carbons (Fsp3) is 0.952. The average Bonchev–Trinajstić information content (AvgIpc) is 3.05. The summed E-state index contributed by atoms with van der Waals surface area (Å²) in [6, 6.07) is 0. The van der Waals surface area contributed by atoms with E-state index in [4.69, 9.17) is 4.55 Å². The van der Waals surface area contributed by atoms with Gasteiger partial charge in [0.05, 0.1) is 18.1 Å². The van der Waals surface area contributed by atoms with Crippen LogP contribution in [0.4, 0.5) is 0 Å². The Morgan fingerprint density at radius 3 is 1.89 bits per heavy atom. The largest absolute Gasteiger partial charge is 0.358 e. The molecule has 6 heteroatoms. The molecule has 0 bridgehead atoms. The SMILES string of the molecule is CCCCCCCCCCCCCCCC1=NCCN1CCCS(=O)(=O)O. The minimum Gasteiger partial charge on any atom is -0.358 e. The number of rotatable bonds is 18. The van der Waals surface area contributed by atoms with E-state index in [0.29, 0.717) is 13.0 Å². The second kappa shape index (κ2) is 15.3. The number of nitrogens with zero attached hydrogens (tertiary/aromatic N) is 2. The molecule has 160 valence electrons. The molecule has 0 unspecified atom stereocenters. The Morgan fingerprint density at radius 2 is 1.37 bits per heavy atom. The molecule has 0 radical (unpaired) electrons. The lowest BCUT2D eigenvalue weighted by atomic mass is 10.0. The second-order valence-corrected chi connectivity index (χ2v) is 9.49. The minimum atomic E-state index is -3.84. The zero-order valence-electron chi connectivity index (χ0n) is 17.5. The quantitative estimate of drug-likeness (QED) is 0.244. The highest BCUT2D eigenvalue weighted by atomic mass is 32.2. The maximum absolute atomic E-state index is 10.8. The van der Waals surface area contributed by atoms with Crippen LogP contribution in [0.1, 0.15) is 103 Å². The predicted octanol–water partition coefficient (Wildman–Crippen LogP) is 5.46. The Balaban J connectivity index is 1.91. The molecule has 0 aromatic heterocycles. The van der Waals surface area contributed by atoms with E-state index in [9.17, 15) is 8.42 Å².